The minimum absolute atomic E-state index is 0.467. The average molecular weight is 235 g/mol. The smallest absolute Gasteiger partial charge is 0.0521 e. The first-order valence-electron chi connectivity index (χ1n) is 6.90. The Labute approximate surface area is 105 Å². The molecule has 1 N–H and O–H groups in total. The Morgan fingerprint density at radius 1 is 1.53 bits per heavy atom. The SMILES string of the molecule is CCNC1CCC(C)(Cc2cnn(CC)c2)C1. The van der Waals surface area contributed by atoms with Gasteiger partial charge in [-0.05, 0) is 50.1 Å². The molecule has 0 saturated heterocycles. The van der Waals surface area contributed by atoms with E-state index in [9.17, 15) is 0 Å². The van der Waals surface area contributed by atoms with Crippen LogP contribution in [0.1, 0.15) is 45.6 Å². The summed E-state index contributed by atoms with van der Waals surface area (Å²) in [4.78, 5) is 0. The summed E-state index contributed by atoms with van der Waals surface area (Å²) in [5.41, 5.74) is 1.86. The van der Waals surface area contributed by atoms with Crippen molar-refractivity contribution in [1.82, 2.24) is 15.1 Å². The predicted molar refractivity (Wildman–Crippen MR) is 71.0 cm³/mol. The number of hydrogen-bond donors (Lipinski definition) is 1. The summed E-state index contributed by atoms with van der Waals surface area (Å²) < 4.78 is 2.02. The fourth-order valence-electron chi connectivity index (χ4n) is 3.11. The highest BCUT2D eigenvalue weighted by molar-refractivity contribution is 5.09. The third-order valence-corrected chi connectivity index (χ3v) is 3.97. The summed E-state index contributed by atoms with van der Waals surface area (Å²) in [7, 11) is 0. The molecule has 0 aromatic carbocycles. The zero-order chi connectivity index (χ0) is 12.3. The van der Waals surface area contributed by atoms with E-state index < -0.39 is 0 Å². The molecule has 0 spiro atoms. The van der Waals surface area contributed by atoms with Gasteiger partial charge in [-0.1, -0.05) is 13.8 Å². The van der Waals surface area contributed by atoms with Crippen molar-refractivity contribution in [3.8, 4) is 0 Å². The fourth-order valence-corrected chi connectivity index (χ4v) is 3.11. The van der Waals surface area contributed by atoms with Crippen molar-refractivity contribution < 1.29 is 0 Å². The lowest BCUT2D eigenvalue weighted by atomic mass is 9.83. The molecule has 1 heterocycles. The molecule has 0 radical (unpaired) electrons. The maximum atomic E-state index is 4.36. The Balaban J connectivity index is 1.94. The number of rotatable bonds is 5. The molecule has 0 amide bonds. The van der Waals surface area contributed by atoms with Crippen molar-refractivity contribution >= 4 is 0 Å². The summed E-state index contributed by atoms with van der Waals surface area (Å²) in [6.45, 7) is 8.81. The second kappa shape index (κ2) is 5.21. The highest BCUT2D eigenvalue weighted by Gasteiger charge is 2.34. The van der Waals surface area contributed by atoms with E-state index in [0.29, 0.717) is 5.41 Å². The summed E-state index contributed by atoms with van der Waals surface area (Å²) in [6, 6.07) is 0.728. The summed E-state index contributed by atoms with van der Waals surface area (Å²) in [6.07, 6.45) is 9.38. The predicted octanol–water partition coefficient (Wildman–Crippen LogP) is 2.61. The van der Waals surface area contributed by atoms with Crippen LogP contribution in [0, 0.1) is 5.41 Å². The van der Waals surface area contributed by atoms with E-state index in [1.807, 2.05) is 10.9 Å². The number of aryl methyl sites for hydroxylation is 1. The first-order valence-corrected chi connectivity index (χ1v) is 6.90. The highest BCUT2D eigenvalue weighted by Crippen LogP contribution is 2.40. The van der Waals surface area contributed by atoms with Gasteiger partial charge in [-0.25, -0.2) is 0 Å². The van der Waals surface area contributed by atoms with Crippen LogP contribution < -0.4 is 5.32 Å². The zero-order valence-corrected chi connectivity index (χ0v) is 11.4. The molecule has 96 valence electrons. The van der Waals surface area contributed by atoms with Crippen LogP contribution in [0.15, 0.2) is 12.4 Å². The zero-order valence-electron chi connectivity index (χ0n) is 11.4. The van der Waals surface area contributed by atoms with Gasteiger partial charge in [0.1, 0.15) is 0 Å². The molecular formula is C14H25N3. The molecule has 17 heavy (non-hydrogen) atoms. The maximum absolute atomic E-state index is 4.36. The number of hydrogen-bond acceptors (Lipinski definition) is 2. The number of nitrogens with zero attached hydrogens (tertiary/aromatic N) is 2. The van der Waals surface area contributed by atoms with Crippen LogP contribution in [0.5, 0.6) is 0 Å². The standard InChI is InChI=1S/C14H25N3/c1-4-15-13-6-7-14(3,9-13)8-12-10-16-17(5-2)11-12/h10-11,13,15H,4-9H2,1-3H3. The Hall–Kier alpha value is -0.830. The molecule has 2 unspecified atom stereocenters. The van der Waals surface area contributed by atoms with E-state index in [1.54, 1.807) is 0 Å². The van der Waals surface area contributed by atoms with E-state index in [4.69, 9.17) is 0 Å². The molecular weight excluding hydrogens is 210 g/mol. The molecule has 2 atom stereocenters. The highest BCUT2D eigenvalue weighted by atomic mass is 15.3. The summed E-state index contributed by atoms with van der Waals surface area (Å²) in [5.74, 6) is 0. The Kier molecular flexibility index (Phi) is 3.87. The third-order valence-electron chi connectivity index (χ3n) is 3.97. The molecule has 1 aliphatic carbocycles. The van der Waals surface area contributed by atoms with E-state index in [0.717, 1.165) is 19.1 Å². The van der Waals surface area contributed by atoms with Gasteiger partial charge in [0.05, 0.1) is 6.20 Å². The van der Waals surface area contributed by atoms with Gasteiger partial charge < -0.3 is 5.32 Å². The summed E-state index contributed by atoms with van der Waals surface area (Å²) in [5, 5.41) is 7.95. The van der Waals surface area contributed by atoms with E-state index in [2.05, 4.69) is 37.4 Å². The Morgan fingerprint density at radius 3 is 3.00 bits per heavy atom. The van der Waals surface area contributed by atoms with Gasteiger partial charge in [0, 0.05) is 18.8 Å². The molecule has 1 saturated carbocycles. The lowest BCUT2D eigenvalue weighted by Gasteiger charge is -2.23. The van der Waals surface area contributed by atoms with Gasteiger partial charge in [0.15, 0.2) is 0 Å². The van der Waals surface area contributed by atoms with E-state index in [1.165, 1.54) is 31.2 Å². The van der Waals surface area contributed by atoms with Crippen molar-refractivity contribution in [2.24, 2.45) is 5.41 Å². The molecule has 3 nitrogen and oxygen atoms in total. The second-order valence-corrected chi connectivity index (χ2v) is 5.69. The van der Waals surface area contributed by atoms with Crippen molar-refractivity contribution in [3.05, 3.63) is 18.0 Å². The third kappa shape index (κ3) is 3.09. The Bertz CT molecular complexity index is 358. The summed E-state index contributed by atoms with van der Waals surface area (Å²) >= 11 is 0. The monoisotopic (exact) mass is 235 g/mol. The van der Waals surface area contributed by atoms with Gasteiger partial charge in [-0.2, -0.15) is 5.10 Å². The van der Waals surface area contributed by atoms with Crippen LogP contribution in [-0.2, 0) is 13.0 Å². The normalized spacial score (nSPS) is 28.8. The van der Waals surface area contributed by atoms with Gasteiger partial charge in [-0.3, -0.25) is 4.68 Å². The van der Waals surface area contributed by atoms with Crippen molar-refractivity contribution in [2.45, 2.75) is 59.0 Å². The largest absolute Gasteiger partial charge is 0.314 e. The van der Waals surface area contributed by atoms with Crippen molar-refractivity contribution in [3.63, 3.8) is 0 Å². The lowest BCUT2D eigenvalue weighted by Crippen LogP contribution is -2.27. The van der Waals surface area contributed by atoms with Crippen LogP contribution in [0.3, 0.4) is 0 Å². The maximum Gasteiger partial charge on any atom is 0.0521 e. The lowest BCUT2D eigenvalue weighted by molar-refractivity contribution is 0.322. The molecule has 0 aliphatic heterocycles. The van der Waals surface area contributed by atoms with Crippen LogP contribution >= 0.6 is 0 Å². The van der Waals surface area contributed by atoms with E-state index >= 15 is 0 Å². The van der Waals surface area contributed by atoms with Crippen molar-refractivity contribution in [1.29, 1.82) is 0 Å². The quantitative estimate of drug-likeness (QED) is 0.850. The number of nitrogens with one attached hydrogen (secondary N) is 1. The molecule has 1 aromatic heterocycles. The van der Waals surface area contributed by atoms with Crippen molar-refractivity contribution in [2.75, 3.05) is 6.54 Å². The molecule has 0 bridgehead atoms. The Morgan fingerprint density at radius 2 is 2.35 bits per heavy atom. The molecule has 2 rings (SSSR count). The van der Waals surface area contributed by atoms with Crippen LogP contribution in [0.4, 0.5) is 0 Å². The van der Waals surface area contributed by atoms with Gasteiger partial charge in [-0.15, -0.1) is 0 Å². The van der Waals surface area contributed by atoms with Gasteiger partial charge >= 0.3 is 0 Å². The minimum atomic E-state index is 0.467. The van der Waals surface area contributed by atoms with Crippen LogP contribution in [0.25, 0.3) is 0 Å². The molecule has 3 heteroatoms. The molecule has 1 fully saturated rings. The number of aromatic nitrogens is 2. The minimum Gasteiger partial charge on any atom is -0.314 e. The van der Waals surface area contributed by atoms with Gasteiger partial charge in [0.2, 0.25) is 0 Å². The first kappa shape index (κ1) is 12.6. The fraction of sp³-hybridized carbons (Fsp3) is 0.786. The topological polar surface area (TPSA) is 29.9 Å². The first-order chi connectivity index (χ1) is 8.15. The van der Waals surface area contributed by atoms with Crippen LogP contribution in [0.2, 0.25) is 0 Å². The molecule has 1 aromatic rings. The molecule has 1 aliphatic rings. The van der Waals surface area contributed by atoms with E-state index in [-0.39, 0.29) is 0 Å². The van der Waals surface area contributed by atoms with Crippen LogP contribution in [-0.4, -0.2) is 22.4 Å². The average Bonchev–Trinajstić information content (AvgIpc) is 2.87. The van der Waals surface area contributed by atoms with Gasteiger partial charge in [0.25, 0.3) is 0 Å². The second-order valence-electron chi connectivity index (χ2n) is 5.69.